The number of rotatable bonds is 10. The molecule has 2 atom stereocenters. The van der Waals surface area contributed by atoms with Gasteiger partial charge >= 0.3 is 5.97 Å². The summed E-state index contributed by atoms with van der Waals surface area (Å²) in [7, 11) is 0. The molecule has 1 saturated heterocycles. The van der Waals surface area contributed by atoms with Crippen LogP contribution < -0.4 is 22.5 Å². The highest BCUT2D eigenvalue weighted by atomic mass is 32.2. The van der Waals surface area contributed by atoms with Gasteiger partial charge in [-0.2, -0.15) is 11.8 Å². The highest BCUT2D eigenvalue weighted by Crippen LogP contribution is 2.44. The minimum Gasteiger partial charge on any atom is -0.477 e. The molecule has 0 bridgehead atoms. The first-order valence-electron chi connectivity index (χ1n) is 10.5. The van der Waals surface area contributed by atoms with Crippen LogP contribution in [0.4, 0.5) is 0 Å². The second-order valence-corrected chi connectivity index (χ2v) is 10.2. The number of thioether (sulfide) groups is 2. The molecule has 0 radical (unpaired) electrons. The van der Waals surface area contributed by atoms with Gasteiger partial charge in [-0.05, 0) is 36.7 Å². The first-order valence-corrected chi connectivity index (χ1v) is 12.9. The number of fused-ring (bicyclic) bond motifs is 1. The Morgan fingerprint density at radius 2 is 2.11 bits per heavy atom. The number of carboxylic acids is 1. The lowest BCUT2D eigenvalue weighted by molar-refractivity contribution is -0.155. The molecule has 3 rings (SSSR count). The molecule has 2 amide bonds. The number of nitrogens with zero attached hydrogens (tertiary/aromatic N) is 4. The van der Waals surface area contributed by atoms with Gasteiger partial charge in [-0.15, -0.1) is 0 Å². The van der Waals surface area contributed by atoms with E-state index in [-0.39, 0.29) is 10.8 Å². The van der Waals surface area contributed by atoms with Crippen LogP contribution in [0, 0.1) is 0 Å². The van der Waals surface area contributed by atoms with Gasteiger partial charge in [0.05, 0.1) is 6.04 Å². The molecule has 36 heavy (non-hydrogen) atoms. The number of aromatic nitrogens is 1. The maximum Gasteiger partial charge on any atom is 0.353 e. The number of amides is 2. The Balaban J connectivity index is 1.79. The summed E-state index contributed by atoms with van der Waals surface area (Å²) in [6.45, 7) is 0.545. The summed E-state index contributed by atoms with van der Waals surface area (Å²) in [5.74, 6) is -1.93. The standard InChI is InChI=1S/C20H24N8O5S3/c21-4-6-35-8-9-7-24-5-3-11(9)36-12-2-1-10-13(18(30)28(10)15(12)19(31)32)25-17(29)14(27-33)16(22)26-20(23)34/h3,5,7,10,13,33H,1-2,4,6,8,21H2,(H,25,29)(H,31,32)(H4,22,23,26,34)/b27-14-/t10-,13+/m1/s1. The SMILES string of the molecule is NCCSCc1cnccc1SC1=C(C(=O)O)N2C(=O)[C@@H](NC(=O)/C(=N\O)C(N)=NC(N)=S)[C@H]2CC1. The molecule has 0 aromatic carbocycles. The molecule has 9 N–H and O–H groups in total. The summed E-state index contributed by atoms with van der Waals surface area (Å²) >= 11 is 7.51. The van der Waals surface area contributed by atoms with Crippen LogP contribution in [0.5, 0.6) is 0 Å². The fraction of sp³-hybridized carbons (Fsp3) is 0.350. The molecule has 0 spiro atoms. The number of aliphatic imine (C=N–C) groups is 1. The van der Waals surface area contributed by atoms with Crippen molar-refractivity contribution < 1.29 is 24.7 Å². The molecule has 192 valence electrons. The molecule has 16 heteroatoms. The van der Waals surface area contributed by atoms with E-state index in [1.807, 2.05) is 0 Å². The van der Waals surface area contributed by atoms with Crippen LogP contribution in [0.2, 0.25) is 0 Å². The van der Waals surface area contributed by atoms with Crippen LogP contribution in [0.3, 0.4) is 0 Å². The molecule has 3 heterocycles. The Bertz CT molecular complexity index is 1170. The van der Waals surface area contributed by atoms with Gasteiger partial charge in [-0.25, -0.2) is 9.79 Å². The van der Waals surface area contributed by atoms with Crippen molar-refractivity contribution in [2.45, 2.75) is 35.6 Å². The molecular weight excluding hydrogens is 528 g/mol. The minimum atomic E-state index is -1.25. The van der Waals surface area contributed by atoms with Gasteiger partial charge in [0.2, 0.25) is 5.71 Å². The zero-order chi connectivity index (χ0) is 26.4. The van der Waals surface area contributed by atoms with E-state index < -0.39 is 41.4 Å². The summed E-state index contributed by atoms with van der Waals surface area (Å²) in [5, 5.41) is 23.9. The molecule has 13 nitrogen and oxygen atoms in total. The summed E-state index contributed by atoms with van der Waals surface area (Å²) < 4.78 is 0. The number of carbonyl (C=O) groups excluding carboxylic acids is 2. The molecule has 1 fully saturated rings. The smallest absolute Gasteiger partial charge is 0.353 e. The molecule has 2 aliphatic rings. The molecule has 1 aromatic heterocycles. The molecule has 0 unspecified atom stereocenters. The largest absolute Gasteiger partial charge is 0.477 e. The number of β-lactam (4-membered cyclic amide) rings is 1. The Morgan fingerprint density at radius 1 is 1.36 bits per heavy atom. The van der Waals surface area contributed by atoms with Gasteiger partial charge in [0, 0.05) is 40.2 Å². The predicted molar refractivity (Wildman–Crippen MR) is 139 cm³/mol. The van der Waals surface area contributed by atoms with Gasteiger partial charge in [0.25, 0.3) is 11.8 Å². The van der Waals surface area contributed by atoms with Gasteiger partial charge in [0.15, 0.2) is 10.9 Å². The number of nitrogens with one attached hydrogen (secondary N) is 1. The fourth-order valence-corrected chi connectivity index (χ4v) is 5.85. The topological polar surface area (TPSA) is 223 Å². The van der Waals surface area contributed by atoms with Crippen molar-refractivity contribution in [1.29, 1.82) is 0 Å². The second-order valence-electron chi connectivity index (χ2n) is 7.55. The van der Waals surface area contributed by atoms with Crippen molar-refractivity contribution in [3.8, 4) is 0 Å². The van der Waals surface area contributed by atoms with Crippen LogP contribution in [-0.4, -0.2) is 79.0 Å². The number of pyridine rings is 1. The van der Waals surface area contributed by atoms with Crippen LogP contribution in [0.25, 0.3) is 0 Å². The van der Waals surface area contributed by atoms with Crippen LogP contribution in [-0.2, 0) is 20.1 Å². The molecule has 2 aliphatic heterocycles. The number of carbonyl (C=O) groups is 3. The monoisotopic (exact) mass is 552 g/mol. The number of nitrogens with two attached hydrogens (primary N) is 3. The van der Waals surface area contributed by atoms with Gasteiger partial charge in [0.1, 0.15) is 11.7 Å². The van der Waals surface area contributed by atoms with E-state index in [1.54, 1.807) is 30.2 Å². The van der Waals surface area contributed by atoms with E-state index in [1.165, 1.54) is 16.7 Å². The highest BCUT2D eigenvalue weighted by Gasteiger charge is 2.53. The first-order chi connectivity index (χ1) is 17.2. The minimum absolute atomic E-state index is 0.130. The number of hydrogen-bond acceptors (Lipinski definition) is 10. The zero-order valence-electron chi connectivity index (χ0n) is 18.8. The average molecular weight is 553 g/mol. The Morgan fingerprint density at radius 3 is 2.75 bits per heavy atom. The van der Waals surface area contributed by atoms with Gasteiger partial charge < -0.3 is 32.8 Å². The Labute approximate surface area is 219 Å². The molecule has 0 saturated carbocycles. The zero-order valence-corrected chi connectivity index (χ0v) is 21.2. The van der Waals surface area contributed by atoms with E-state index in [2.05, 4.69) is 32.7 Å². The number of carboxylic acid groups (broad SMARTS) is 1. The van der Waals surface area contributed by atoms with Crippen molar-refractivity contribution >= 4 is 70.2 Å². The molecule has 1 aromatic rings. The summed E-state index contributed by atoms with van der Waals surface area (Å²) in [4.78, 5) is 47.8. The summed E-state index contributed by atoms with van der Waals surface area (Å²) in [6.07, 6.45) is 4.13. The fourth-order valence-electron chi connectivity index (χ4n) is 3.74. The van der Waals surface area contributed by atoms with Crippen molar-refractivity contribution in [2.24, 2.45) is 27.3 Å². The molecule has 0 aliphatic carbocycles. The maximum atomic E-state index is 12.9. The number of allylic oxidation sites excluding steroid dienone is 1. The van der Waals surface area contributed by atoms with Crippen molar-refractivity contribution in [3.63, 3.8) is 0 Å². The van der Waals surface area contributed by atoms with Crippen molar-refractivity contribution in [1.82, 2.24) is 15.2 Å². The number of hydrogen-bond donors (Lipinski definition) is 6. The quantitative estimate of drug-likeness (QED) is 0.0414. The predicted octanol–water partition coefficient (Wildman–Crippen LogP) is -0.418. The van der Waals surface area contributed by atoms with Crippen LogP contribution >= 0.6 is 35.7 Å². The van der Waals surface area contributed by atoms with E-state index in [9.17, 15) is 19.5 Å². The van der Waals surface area contributed by atoms with Gasteiger partial charge in [-0.3, -0.25) is 19.5 Å². The summed E-state index contributed by atoms with van der Waals surface area (Å²) in [5.41, 5.74) is 16.5. The Hall–Kier alpha value is -3.21. The lowest BCUT2D eigenvalue weighted by Crippen LogP contribution is -2.72. The number of aliphatic carboxylic acids is 1. The second kappa shape index (κ2) is 12.2. The van der Waals surface area contributed by atoms with Crippen molar-refractivity contribution in [3.05, 3.63) is 34.6 Å². The third-order valence-corrected chi connectivity index (χ3v) is 7.67. The number of oxime groups is 1. The lowest BCUT2D eigenvalue weighted by atomic mass is 9.86. The van der Waals surface area contributed by atoms with E-state index in [0.29, 0.717) is 30.0 Å². The van der Waals surface area contributed by atoms with E-state index in [0.717, 1.165) is 16.2 Å². The lowest BCUT2D eigenvalue weighted by Gasteiger charge is -2.50. The molecular formula is C20H24N8O5S3. The third-order valence-electron chi connectivity index (χ3n) is 5.28. The first kappa shape index (κ1) is 27.4. The normalized spacial score (nSPS) is 20.0. The van der Waals surface area contributed by atoms with Crippen LogP contribution in [0.15, 0.2) is 44.1 Å². The maximum absolute atomic E-state index is 12.9. The Kier molecular flexibility index (Phi) is 9.25. The van der Waals surface area contributed by atoms with Crippen LogP contribution in [0.1, 0.15) is 18.4 Å². The average Bonchev–Trinajstić information content (AvgIpc) is 2.83. The highest BCUT2D eigenvalue weighted by molar-refractivity contribution is 8.03. The number of amidine groups is 1. The van der Waals surface area contributed by atoms with E-state index in [4.69, 9.17) is 22.4 Å². The third kappa shape index (κ3) is 5.95. The van der Waals surface area contributed by atoms with Crippen molar-refractivity contribution in [2.75, 3.05) is 12.3 Å². The van der Waals surface area contributed by atoms with E-state index >= 15 is 0 Å². The number of thiocarbonyl (C=S) groups is 1. The van der Waals surface area contributed by atoms with Gasteiger partial charge in [-0.1, -0.05) is 16.9 Å². The summed E-state index contributed by atoms with van der Waals surface area (Å²) in [6, 6.07) is 0.177.